The number of hydrogen-bond donors (Lipinski definition) is 1. The summed E-state index contributed by atoms with van der Waals surface area (Å²) in [6.07, 6.45) is 0. The minimum absolute atomic E-state index is 0.300. The monoisotopic (exact) mass is 282 g/mol. The molecule has 0 radical (unpaired) electrons. The SMILES string of the molecule is COC(=O)c1ccc(CN2Cc3ccc(N)cc3C2)cc1. The summed E-state index contributed by atoms with van der Waals surface area (Å²) in [5, 5.41) is 0. The molecule has 0 spiro atoms. The Hall–Kier alpha value is -2.33. The van der Waals surface area contributed by atoms with E-state index in [-0.39, 0.29) is 5.97 Å². The van der Waals surface area contributed by atoms with Gasteiger partial charge in [0.2, 0.25) is 0 Å². The predicted molar refractivity (Wildman–Crippen MR) is 81.6 cm³/mol. The summed E-state index contributed by atoms with van der Waals surface area (Å²) in [7, 11) is 1.39. The van der Waals surface area contributed by atoms with Gasteiger partial charge in [-0.15, -0.1) is 0 Å². The van der Waals surface area contributed by atoms with Crippen LogP contribution in [0, 0.1) is 0 Å². The maximum absolute atomic E-state index is 11.4. The first kappa shape index (κ1) is 13.6. The van der Waals surface area contributed by atoms with Crippen molar-refractivity contribution in [3.8, 4) is 0 Å². The number of benzene rings is 2. The second-order valence-corrected chi connectivity index (χ2v) is 5.36. The third kappa shape index (κ3) is 2.90. The highest BCUT2D eigenvalue weighted by Gasteiger charge is 2.19. The Labute approximate surface area is 124 Å². The third-order valence-electron chi connectivity index (χ3n) is 3.80. The molecule has 0 unspecified atom stereocenters. The van der Waals surface area contributed by atoms with Crippen LogP contribution in [0.5, 0.6) is 0 Å². The van der Waals surface area contributed by atoms with Gasteiger partial charge in [0.25, 0.3) is 0 Å². The summed E-state index contributed by atoms with van der Waals surface area (Å²) < 4.78 is 4.70. The first-order valence-electron chi connectivity index (χ1n) is 6.92. The van der Waals surface area contributed by atoms with Crippen LogP contribution < -0.4 is 5.73 Å². The number of nitrogen functional groups attached to an aromatic ring is 1. The van der Waals surface area contributed by atoms with E-state index in [1.165, 1.54) is 23.8 Å². The summed E-state index contributed by atoms with van der Waals surface area (Å²) in [5.41, 5.74) is 11.1. The predicted octanol–water partition coefficient (Wildman–Crippen LogP) is 2.57. The number of carbonyl (C=O) groups excluding carboxylic acids is 1. The Bertz CT molecular complexity index is 665. The maximum Gasteiger partial charge on any atom is 0.337 e. The van der Waals surface area contributed by atoms with Crippen molar-refractivity contribution in [2.75, 3.05) is 12.8 Å². The molecule has 0 fully saturated rings. The number of carbonyl (C=O) groups is 1. The Morgan fingerprint density at radius 1 is 1.14 bits per heavy atom. The van der Waals surface area contributed by atoms with Gasteiger partial charge in [-0.2, -0.15) is 0 Å². The normalized spacial score (nSPS) is 14.0. The van der Waals surface area contributed by atoms with Gasteiger partial charge >= 0.3 is 5.97 Å². The first-order chi connectivity index (χ1) is 10.2. The lowest BCUT2D eigenvalue weighted by Gasteiger charge is -2.14. The van der Waals surface area contributed by atoms with Gasteiger partial charge in [-0.05, 0) is 41.0 Å². The fourth-order valence-corrected chi connectivity index (χ4v) is 2.72. The molecule has 0 saturated heterocycles. The average molecular weight is 282 g/mol. The molecule has 0 amide bonds. The fraction of sp³-hybridized carbons (Fsp3) is 0.235. The number of fused-ring (bicyclic) bond motifs is 1. The number of nitrogens with two attached hydrogens (primary N) is 1. The van der Waals surface area contributed by atoms with Crippen LogP contribution in [-0.2, 0) is 24.4 Å². The van der Waals surface area contributed by atoms with Gasteiger partial charge < -0.3 is 10.5 Å². The van der Waals surface area contributed by atoms with E-state index in [9.17, 15) is 4.79 Å². The van der Waals surface area contributed by atoms with Gasteiger partial charge in [0.15, 0.2) is 0 Å². The molecule has 0 atom stereocenters. The summed E-state index contributed by atoms with van der Waals surface area (Å²) in [4.78, 5) is 13.8. The number of esters is 1. The van der Waals surface area contributed by atoms with Crippen LogP contribution in [0.3, 0.4) is 0 Å². The van der Waals surface area contributed by atoms with Crippen molar-refractivity contribution in [1.29, 1.82) is 0 Å². The second-order valence-electron chi connectivity index (χ2n) is 5.36. The molecule has 2 aromatic rings. The molecular weight excluding hydrogens is 264 g/mol. The largest absolute Gasteiger partial charge is 0.465 e. The highest BCUT2D eigenvalue weighted by Crippen LogP contribution is 2.26. The number of methoxy groups -OCH3 is 1. The Morgan fingerprint density at radius 3 is 2.57 bits per heavy atom. The molecule has 2 aromatic carbocycles. The molecule has 0 aliphatic carbocycles. The van der Waals surface area contributed by atoms with E-state index in [4.69, 9.17) is 10.5 Å². The fourth-order valence-electron chi connectivity index (χ4n) is 2.72. The van der Waals surface area contributed by atoms with E-state index in [1.807, 2.05) is 30.3 Å². The first-order valence-corrected chi connectivity index (χ1v) is 6.92. The number of ether oxygens (including phenoxy) is 1. The zero-order valence-electron chi connectivity index (χ0n) is 12.0. The van der Waals surface area contributed by atoms with Crippen LogP contribution in [0.1, 0.15) is 27.0 Å². The highest BCUT2D eigenvalue weighted by atomic mass is 16.5. The molecule has 21 heavy (non-hydrogen) atoms. The van der Waals surface area contributed by atoms with Crippen LogP contribution in [0.2, 0.25) is 0 Å². The van der Waals surface area contributed by atoms with E-state index in [1.54, 1.807) is 0 Å². The Balaban J connectivity index is 1.67. The van der Waals surface area contributed by atoms with Crippen LogP contribution >= 0.6 is 0 Å². The molecular formula is C17H18N2O2. The Morgan fingerprint density at radius 2 is 1.86 bits per heavy atom. The van der Waals surface area contributed by atoms with Gasteiger partial charge in [0, 0.05) is 25.3 Å². The molecule has 0 bridgehead atoms. The number of nitrogens with zero attached hydrogens (tertiary/aromatic N) is 1. The third-order valence-corrected chi connectivity index (χ3v) is 3.80. The summed E-state index contributed by atoms with van der Waals surface area (Å²) >= 11 is 0. The van der Waals surface area contributed by atoms with E-state index in [0.29, 0.717) is 5.56 Å². The van der Waals surface area contributed by atoms with Gasteiger partial charge in [-0.3, -0.25) is 4.90 Å². The van der Waals surface area contributed by atoms with E-state index in [2.05, 4.69) is 17.0 Å². The van der Waals surface area contributed by atoms with Gasteiger partial charge in [-0.1, -0.05) is 18.2 Å². The van der Waals surface area contributed by atoms with E-state index < -0.39 is 0 Å². The molecule has 108 valence electrons. The van der Waals surface area contributed by atoms with E-state index in [0.717, 1.165) is 25.3 Å². The quantitative estimate of drug-likeness (QED) is 0.694. The minimum atomic E-state index is -0.300. The molecule has 4 heteroatoms. The topological polar surface area (TPSA) is 55.6 Å². The zero-order chi connectivity index (χ0) is 14.8. The van der Waals surface area contributed by atoms with Crippen LogP contribution in [0.25, 0.3) is 0 Å². The summed E-state index contributed by atoms with van der Waals surface area (Å²) in [5.74, 6) is -0.300. The molecule has 0 saturated carbocycles. The smallest absolute Gasteiger partial charge is 0.337 e. The van der Waals surface area contributed by atoms with Crippen molar-refractivity contribution in [3.05, 3.63) is 64.7 Å². The summed E-state index contributed by atoms with van der Waals surface area (Å²) in [6, 6.07) is 13.7. The van der Waals surface area contributed by atoms with Crippen LogP contribution in [-0.4, -0.2) is 18.0 Å². The van der Waals surface area contributed by atoms with Gasteiger partial charge in [0.05, 0.1) is 12.7 Å². The standard InChI is InChI=1S/C17H18N2O2/c1-21-17(20)13-4-2-12(3-5-13)9-19-10-14-6-7-16(18)8-15(14)11-19/h2-8H,9-11,18H2,1H3. The lowest BCUT2D eigenvalue weighted by molar-refractivity contribution is 0.0600. The average Bonchev–Trinajstić information content (AvgIpc) is 2.88. The minimum Gasteiger partial charge on any atom is -0.465 e. The van der Waals surface area contributed by atoms with Crippen molar-refractivity contribution in [1.82, 2.24) is 4.90 Å². The number of rotatable bonds is 3. The van der Waals surface area contributed by atoms with Gasteiger partial charge in [0.1, 0.15) is 0 Å². The molecule has 0 aromatic heterocycles. The molecule has 1 aliphatic heterocycles. The molecule has 1 aliphatic rings. The van der Waals surface area contributed by atoms with Crippen LogP contribution in [0.4, 0.5) is 5.69 Å². The second kappa shape index (κ2) is 5.58. The highest BCUT2D eigenvalue weighted by molar-refractivity contribution is 5.89. The van der Waals surface area contributed by atoms with Crippen molar-refractivity contribution < 1.29 is 9.53 Å². The van der Waals surface area contributed by atoms with Gasteiger partial charge in [-0.25, -0.2) is 4.79 Å². The lowest BCUT2D eigenvalue weighted by atomic mass is 10.1. The lowest BCUT2D eigenvalue weighted by Crippen LogP contribution is -2.15. The van der Waals surface area contributed by atoms with Crippen molar-refractivity contribution >= 4 is 11.7 Å². The number of anilines is 1. The Kier molecular flexibility index (Phi) is 3.62. The number of hydrogen-bond acceptors (Lipinski definition) is 4. The van der Waals surface area contributed by atoms with Crippen molar-refractivity contribution in [2.24, 2.45) is 0 Å². The molecule has 4 nitrogen and oxygen atoms in total. The van der Waals surface area contributed by atoms with E-state index >= 15 is 0 Å². The van der Waals surface area contributed by atoms with Crippen LogP contribution in [0.15, 0.2) is 42.5 Å². The molecule has 3 rings (SSSR count). The summed E-state index contributed by atoms with van der Waals surface area (Å²) in [6.45, 7) is 2.71. The molecule has 2 N–H and O–H groups in total. The maximum atomic E-state index is 11.4. The zero-order valence-corrected chi connectivity index (χ0v) is 12.0. The van der Waals surface area contributed by atoms with Crippen molar-refractivity contribution in [2.45, 2.75) is 19.6 Å². The molecule has 1 heterocycles. The van der Waals surface area contributed by atoms with Crippen molar-refractivity contribution in [3.63, 3.8) is 0 Å².